The lowest BCUT2D eigenvalue weighted by Gasteiger charge is -2.34. The molecule has 3 heteroatoms. The van der Waals surface area contributed by atoms with E-state index in [0.29, 0.717) is 5.92 Å². The number of anilines is 1. The van der Waals surface area contributed by atoms with E-state index in [0.717, 1.165) is 29.9 Å². The maximum absolute atomic E-state index is 12.5. The number of nitrogens with zero attached hydrogens (tertiary/aromatic N) is 1. The van der Waals surface area contributed by atoms with Gasteiger partial charge < -0.3 is 5.32 Å². The molecular weight excluding hydrogens is 248 g/mol. The molecule has 1 aliphatic heterocycles. The molecule has 3 nitrogen and oxygen atoms in total. The van der Waals surface area contributed by atoms with Crippen LogP contribution in [0.3, 0.4) is 0 Å². The minimum atomic E-state index is -0.0586. The Labute approximate surface area is 122 Å². The van der Waals surface area contributed by atoms with Crippen LogP contribution in [0.15, 0.2) is 18.2 Å². The first-order chi connectivity index (χ1) is 9.49. The molecule has 0 spiro atoms. The fourth-order valence-electron chi connectivity index (χ4n) is 2.98. The highest BCUT2D eigenvalue weighted by Crippen LogP contribution is 2.22. The Morgan fingerprint density at radius 2 is 2.00 bits per heavy atom. The zero-order chi connectivity index (χ0) is 14.7. The van der Waals surface area contributed by atoms with Gasteiger partial charge in [-0.2, -0.15) is 0 Å². The number of rotatable bonds is 3. The van der Waals surface area contributed by atoms with Gasteiger partial charge in [-0.05, 0) is 57.2 Å². The van der Waals surface area contributed by atoms with Crippen molar-refractivity contribution in [2.24, 2.45) is 5.92 Å². The second-order valence-corrected chi connectivity index (χ2v) is 6.17. The molecule has 20 heavy (non-hydrogen) atoms. The molecule has 1 saturated heterocycles. The number of amides is 1. The van der Waals surface area contributed by atoms with Gasteiger partial charge >= 0.3 is 0 Å². The van der Waals surface area contributed by atoms with Crippen LogP contribution in [-0.4, -0.2) is 29.9 Å². The Kier molecular flexibility index (Phi) is 4.81. The highest BCUT2D eigenvalue weighted by molar-refractivity contribution is 5.95. The Morgan fingerprint density at radius 3 is 2.60 bits per heavy atom. The van der Waals surface area contributed by atoms with E-state index in [2.05, 4.69) is 17.1 Å². The first-order valence-corrected chi connectivity index (χ1v) is 7.60. The quantitative estimate of drug-likeness (QED) is 0.916. The molecule has 1 aliphatic rings. The van der Waals surface area contributed by atoms with Crippen LogP contribution in [0.2, 0.25) is 0 Å². The first-order valence-electron chi connectivity index (χ1n) is 7.60. The molecule has 0 saturated carbocycles. The summed E-state index contributed by atoms with van der Waals surface area (Å²) in [6.45, 7) is 10.4. The average Bonchev–Trinajstić information content (AvgIpc) is 2.42. The van der Waals surface area contributed by atoms with Crippen LogP contribution in [0.25, 0.3) is 0 Å². The van der Waals surface area contributed by atoms with Crippen molar-refractivity contribution in [3.8, 4) is 0 Å². The number of hydrogen-bond donors (Lipinski definition) is 1. The van der Waals surface area contributed by atoms with Gasteiger partial charge in [0.05, 0.1) is 6.04 Å². The summed E-state index contributed by atoms with van der Waals surface area (Å²) in [6.07, 6.45) is 2.48. The molecule has 1 N–H and O–H groups in total. The Morgan fingerprint density at radius 1 is 1.35 bits per heavy atom. The number of nitrogens with one attached hydrogen (secondary N) is 1. The second-order valence-electron chi connectivity index (χ2n) is 6.17. The summed E-state index contributed by atoms with van der Waals surface area (Å²) in [6, 6.07) is 6.04. The summed E-state index contributed by atoms with van der Waals surface area (Å²) in [7, 11) is 0. The van der Waals surface area contributed by atoms with E-state index in [-0.39, 0.29) is 11.9 Å². The van der Waals surface area contributed by atoms with Gasteiger partial charge in [-0.15, -0.1) is 0 Å². The third-order valence-electron chi connectivity index (χ3n) is 4.34. The van der Waals surface area contributed by atoms with Gasteiger partial charge in [-0.25, -0.2) is 0 Å². The van der Waals surface area contributed by atoms with E-state index in [9.17, 15) is 4.79 Å². The van der Waals surface area contributed by atoms with Crippen LogP contribution in [-0.2, 0) is 4.79 Å². The normalized spacial score (nSPS) is 21.5. The van der Waals surface area contributed by atoms with Crippen molar-refractivity contribution in [3.05, 3.63) is 29.3 Å². The number of carbonyl (C=O) groups excluding carboxylic acids is 1. The minimum Gasteiger partial charge on any atom is -0.324 e. The van der Waals surface area contributed by atoms with Crippen molar-refractivity contribution in [2.45, 2.75) is 46.6 Å². The predicted molar refractivity (Wildman–Crippen MR) is 84.0 cm³/mol. The molecule has 0 bridgehead atoms. The Balaban J connectivity index is 2.04. The highest BCUT2D eigenvalue weighted by atomic mass is 16.2. The molecule has 0 aliphatic carbocycles. The molecule has 1 aromatic rings. The van der Waals surface area contributed by atoms with Gasteiger partial charge in [0.1, 0.15) is 0 Å². The molecule has 0 aromatic heterocycles. The number of para-hydroxylation sites is 1. The summed E-state index contributed by atoms with van der Waals surface area (Å²) < 4.78 is 0. The van der Waals surface area contributed by atoms with Gasteiger partial charge in [-0.1, -0.05) is 25.1 Å². The Hall–Kier alpha value is -1.35. The zero-order valence-corrected chi connectivity index (χ0v) is 13.1. The molecule has 1 heterocycles. The van der Waals surface area contributed by atoms with Crippen LogP contribution in [0.5, 0.6) is 0 Å². The number of likely N-dealkylation sites (tertiary alicyclic amines) is 1. The average molecular weight is 274 g/mol. The van der Waals surface area contributed by atoms with Crippen molar-refractivity contribution in [3.63, 3.8) is 0 Å². The lowest BCUT2D eigenvalue weighted by atomic mass is 9.99. The first kappa shape index (κ1) is 15.0. The van der Waals surface area contributed by atoms with E-state index >= 15 is 0 Å². The van der Waals surface area contributed by atoms with E-state index < -0.39 is 0 Å². The highest BCUT2D eigenvalue weighted by Gasteiger charge is 2.26. The van der Waals surface area contributed by atoms with E-state index in [4.69, 9.17) is 0 Å². The molecule has 0 unspecified atom stereocenters. The number of carbonyl (C=O) groups is 1. The molecular formula is C17H26N2O. The molecule has 1 aromatic carbocycles. The van der Waals surface area contributed by atoms with Crippen LogP contribution >= 0.6 is 0 Å². The van der Waals surface area contributed by atoms with Crippen LogP contribution in [0.4, 0.5) is 5.69 Å². The predicted octanol–water partition coefficient (Wildman–Crippen LogP) is 3.36. The summed E-state index contributed by atoms with van der Waals surface area (Å²) in [5, 5.41) is 3.11. The molecule has 2 rings (SSSR count). The largest absolute Gasteiger partial charge is 0.324 e. The lowest BCUT2D eigenvalue weighted by Crippen LogP contribution is -2.46. The SMILES string of the molecule is Cc1cccc(C)c1NC(=O)[C@@H](C)N1CCC[C@H](C)C1. The summed E-state index contributed by atoms with van der Waals surface area (Å²) in [4.78, 5) is 14.8. The van der Waals surface area contributed by atoms with Crippen molar-refractivity contribution in [1.82, 2.24) is 4.90 Å². The smallest absolute Gasteiger partial charge is 0.241 e. The van der Waals surface area contributed by atoms with Gasteiger partial charge in [0.15, 0.2) is 0 Å². The maximum atomic E-state index is 12.5. The number of piperidine rings is 1. The van der Waals surface area contributed by atoms with E-state index in [1.165, 1.54) is 12.8 Å². The fraction of sp³-hybridized carbons (Fsp3) is 0.588. The van der Waals surface area contributed by atoms with Crippen LogP contribution in [0.1, 0.15) is 37.8 Å². The number of hydrogen-bond acceptors (Lipinski definition) is 2. The fourth-order valence-corrected chi connectivity index (χ4v) is 2.98. The van der Waals surface area contributed by atoms with Gasteiger partial charge in [0.2, 0.25) is 5.91 Å². The van der Waals surface area contributed by atoms with Crippen molar-refractivity contribution in [2.75, 3.05) is 18.4 Å². The van der Waals surface area contributed by atoms with Gasteiger partial charge in [0, 0.05) is 12.2 Å². The van der Waals surface area contributed by atoms with Gasteiger partial charge in [-0.3, -0.25) is 9.69 Å². The van der Waals surface area contributed by atoms with Gasteiger partial charge in [0.25, 0.3) is 0 Å². The summed E-state index contributed by atoms with van der Waals surface area (Å²) >= 11 is 0. The molecule has 1 amide bonds. The minimum absolute atomic E-state index is 0.0586. The second kappa shape index (κ2) is 6.40. The number of aryl methyl sites for hydroxylation is 2. The molecule has 110 valence electrons. The third-order valence-corrected chi connectivity index (χ3v) is 4.34. The van der Waals surface area contributed by atoms with E-state index in [1.54, 1.807) is 0 Å². The number of benzene rings is 1. The monoisotopic (exact) mass is 274 g/mol. The standard InChI is InChI=1S/C17H26N2O/c1-12-7-6-10-19(11-12)15(4)17(20)18-16-13(2)8-5-9-14(16)3/h5,8-9,12,15H,6-7,10-11H2,1-4H3,(H,18,20)/t12-,15+/m0/s1. The molecule has 2 atom stereocenters. The lowest BCUT2D eigenvalue weighted by molar-refractivity contribution is -0.121. The van der Waals surface area contributed by atoms with Crippen LogP contribution < -0.4 is 5.32 Å². The van der Waals surface area contributed by atoms with E-state index in [1.807, 2.05) is 39.0 Å². The summed E-state index contributed by atoms with van der Waals surface area (Å²) in [5.41, 5.74) is 3.21. The zero-order valence-electron chi connectivity index (χ0n) is 13.1. The summed E-state index contributed by atoms with van der Waals surface area (Å²) in [5.74, 6) is 0.802. The van der Waals surface area contributed by atoms with Crippen molar-refractivity contribution < 1.29 is 4.79 Å². The van der Waals surface area contributed by atoms with Crippen molar-refractivity contribution >= 4 is 11.6 Å². The van der Waals surface area contributed by atoms with Crippen LogP contribution in [0, 0.1) is 19.8 Å². The topological polar surface area (TPSA) is 32.3 Å². The van der Waals surface area contributed by atoms with Crippen molar-refractivity contribution in [1.29, 1.82) is 0 Å². The molecule has 1 fully saturated rings. The molecule has 0 radical (unpaired) electrons. The third kappa shape index (κ3) is 3.40. The Bertz CT molecular complexity index is 464. The maximum Gasteiger partial charge on any atom is 0.241 e.